The van der Waals surface area contributed by atoms with Crippen LogP contribution in [0.5, 0.6) is 5.75 Å². The number of aliphatic hydroxyl groups is 1. The number of aromatic amines is 1. The number of hydrogen-bond donors (Lipinski definition) is 3. The molecule has 0 saturated carbocycles. The van der Waals surface area contributed by atoms with E-state index in [1.54, 1.807) is 24.4 Å². The number of aliphatic hydroxyl groups excluding tert-OH is 1. The van der Waals surface area contributed by atoms with Crippen LogP contribution in [0, 0.1) is 5.82 Å². The standard InChI is InChI=1S/C17H14FN7O2/c18-12-6-21-13(9-1-2-11(7-26)20-5-9)3-10(12)8-27-14-4-15(19)22-17-16(14)23-25-24-17/h1-6,26H,7-8H2,(H3,19,22,23,24,25). The number of nitrogen functional groups attached to an aromatic ring is 1. The van der Waals surface area contributed by atoms with Gasteiger partial charge in [-0.25, -0.2) is 9.37 Å². The minimum Gasteiger partial charge on any atom is -0.486 e. The lowest BCUT2D eigenvalue weighted by molar-refractivity contribution is 0.277. The van der Waals surface area contributed by atoms with Gasteiger partial charge in [0.1, 0.15) is 18.2 Å². The molecule has 4 aromatic heterocycles. The summed E-state index contributed by atoms with van der Waals surface area (Å²) in [4.78, 5) is 12.2. The Morgan fingerprint density at radius 3 is 2.81 bits per heavy atom. The van der Waals surface area contributed by atoms with Crippen molar-refractivity contribution in [3.8, 4) is 17.0 Å². The summed E-state index contributed by atoms with van der Waals surface area (Å²) in [5.41, 5.74) is 8.52. The lowest BCUT2D eigenvalue weighted by Gasteiger charge is -2.09. The molecule has 4 aromatic rings. The van der Waals surface area contributed by atoms with Gasteiger partial charge in [0.2, 0.25) is 5.65 Å². The summed E-state index contributed by atoms with van der Waals surface area (Å²) in [6.07, 6.45) is 2.69. The van der Waals surface area contributed by atoms with Crippen molar-refractivity contribution in [3.63, 3.8) is 0 Å². The molecule has 10 heteroatoms. The van der Waals surface area contributed by atoms with Gasteiger partial charge >= 0.3 is 0 Å². The van der Waals surface area contributed by atoms with E-state index >= 15 is 0 Å². The monoisotopic (exact) mass is 367 g/mol. The molecule has 0 radical (unpaired) electrons. The van der Waals surface area contributed by atoms with Crippen LogP contribution in [0.25, 0.3) is 22.4 Å². The summed E-state index contributed by atoms with van der Waals surface area (Å²) in [6.45, 7) is -0.212. The van der Waals surface area contributed by atoms with Crippen LogP contribution < -0.4 is 10.5 Å². The van der Waals surface area contributed by atoms with E-state index in [9.17, 15) is 4.39 Å². The molecule has 0 bridgehead atoms. The predicted octanol–water partition coefficient (Wildman–Crippen LogP) is 1.60. The van der Waals surface area contributed by atoms with Crippen LogP contribution in [0.2, 0.25) is 0 Å². The molecule has 0 atom stereocenters. The molecule has 0 spiro atoms. The van der Waals surface area contributed by atoms with Crippen LogP contribution in [-0.2, 0) is 13.2 Å². The van der Waals surface area contributed by atoms with E-state index < -0.39 is 5.82 Å². The van der Waals surface area contributed by atoms with Crippen LogP contribution in [-0.4, -0.2) is 35.5 Å². The minimum absolute atomic E-state index is 0.0606. The third-order valence-corrected chi connectivity index (χ3v) is 3.88. The zero-order valence-corrected chi connectivity index (χ0v) is 13.9. The number of fused-ring (bicyclic) bond motifs is 1. The van der Waals surface area contributed by atoms with Crippen molar-refractivity contribution >= 4 is 17.0 Å². The molecule has 27 heavy (non-hydrogen) atoms. The molecule has 0 aliphatic heterocycles. The second-order valence-corrected chi connectivity index (χ2v) is 5.69. The van der Waals surface area contributed by atoms with Crippen molar-refractivity contribution in [2.75, 3.05) is 5.73 Å². The van der Waals surface area contributed by atoms with Gasteiger partial charge in [-0.1, -0.05) is 0 Å². The number of nitrogens with two attached hydrogens (primary N) is 1. The molecule has 0 amide bonds. The smallest absolute Gasteiger partial charge is 0.207 e. The Kier molecular flexibility index (Phi) is 4.30. The number of pyridine rings is 3. The molecule has 0 aliphatic carbocycles. The number of H-pyrrole nitrogens is 1. The van der Waals surface area contributed by atoms with Gasteiger partial charge in [0.25, 0.3) is 0 Å². The number of hydrogen-bond acceptors (Lipinski definition) is 8. The number of rotatable bonds is 5. The molecular formula is C17H14FN7O2. The maximum atomic E-state index is 14.2. The zero-order valence-electron chi connectivity index (χ0n) is 13.9. The Morgan fingerprint density at radius 2 is 2.04 bits per heavy atom. The number of nitrogens with zero attached hydrogens (tertiary/aromatic N) is 5. The van der Waals surface area contributed by atoms with Gasteiger partial charge in [-0.05, 0) is 18.2 Å². The number of aromatic nitrogens is 6. The van der Waals surface area contributed by atoms with Crippen LogP contribution in [0.3, 0.4) is 0 Å². The first kappa shape index (κ1) is 16.8. The van der Waals surface area contributed by atoms with E-state index in [1.807, 2.05) is 0 Å². The first-order chi connectivity index (χ1) is 13.1. The number of halogens is 1. The molecule has 9 nitrogen and oxygen atoms in total. The average molecular weight is 367 g/mol. The van der Waals surface area contributed by atoms with E-state index in [0.29, 0.717) is 39.4 Å². The number of anilines is 1. The first-order valence-electron chi connectivity index (χ1n) is 7.94. The van der Waals surface area contributed by atoms with Gasteiger partial charge in [0.05, 0.1) is 24.2 Å². The molecule has 4 N–H and O–H groups in total. The molecule has 0 fully saturated rings. The van der Waals surface area contributed by atoms with Crippen molar-refractivity contribution in [1.82, 2.24) is 30.4 Å². The van der Waals surface area contributed by atoms with Gasteiger partial charge in [0, 0.05) is 23.4 Å². The Balaban J connectivity index is 1.60. The first-order valence-corrected chi connectivity index (χ1v) is 7.94. The molecule has 0 aliphatic rings. The van der Waals surface area contributed by atoms with E-state index in [-0.39, 0.29) is 19.0 Å². The maximum Gasteiger partial charge on any atom is 0.207 e. The van der Waals surface area contributed by atoms with Crippen LogP contribution >= 0.6 is 0 Å². The normalized spacial score (nSPS) is 11.0. The largest absolute Gasteiger partial charge is 0.486 e. The predicted molar refractivity (Wildman–Crippen MR) is 93.8 cm³/mol. The lowest BCUT2D eigenvalue weighted by Crippen LogP contribution is -2.02. The Bertz CT molecular complexity index is 1100. The summed E-state index contributed by atoms with van der Waals surface area (Å²) in [5, 5.41) is 19.3. The molecule has 4 rings (SSSR count). The van der Waals surface area contributed by atoms with Crippen LogP contribution in [0.4, 0.5) is 10.2 Å². The van der Waals surface area contributed by atoms with E-state index in [1.165, 1.54) is 6.07 Å². The number of ether oxygens (including phenoxy) is 1. The summed E-state index contributed by atoms with van der Waals surface area (Å²) >= 11 is 0. The molecule has 0 aromatic carbocycles. The topological polar surface area (TPSA) is 136 Å². The third-order valence-electron chi connectivity index (χ3n) is 3.88. The lowest BCUT2D eigenvalue weighted by atomic mass is 10.1. The van der Waals surface area contributed by atoms with Gasteiger partial charge in [-0.15, -0.1) is 5.10 Å². The van der Waals surface area contributed by atoms with Gasteiger partial charge < -0.3 is 15.6 Å². The van der Waals surface area contributed by atoms with E-state index in [0.717, 1.165) is 6.20 Å². The molecule has 0 unspecified atom stereocenters. The summed E-state index contributed by atoms with van der Waals surface area (Å²) < 4.78 is 19.9. The molecule has 136 valence electrons. The Morgan fingerprint density at radius 1 is 1.15 bits per heavy atom. The number of nitrogens with one attached hydrogen (secondary N) is 1. The van der Waals surface area contributed by atoms with Crippen molar-refractivity contribution < 1.29 is 14.2 Å². The van der Waals surface area contributed by atoms with Crippen molar-refractivity contribution in [1.29, 1.82) is 0 Å². The highest BCUT2D eigenvalue weighted by atomic mass is 19.1. The molecule has 0 saturated heterocycles. The maximum absolute atomic E-state index is 14.2. The second-order valence-electron chi connectivity index (χ2n) is 5.69. The van der Waals surface area contributed by atoms with Crippen LogP contribution in [0.15, 0.2) is 36.7 Å². The van der Waals surface area contributed by atoms with Gasteiger partial charge in [0.15, 0.2) is 11.3 Å². The SMILES string of the molecule is Nc1cc(OCc2cc(-c3ccc(CO)nc3)ncc2F)c2n[nH]nc2n1. The van der Waals surface area contributed by atoms with E-state index in [2.05, 4.69) is 30.4 Å². The Hall–Kier alpha value is -3.66. The quantitative estimate of drug-likeness (QED) is 0.484. The fourth-order valence-electron chi connectivity index (χ4n) is 2.51. The zero-order chi connectivity index (χ0) is 18.8. The highest BCUT2D eigenvalue weighted by Gasteiger charge is 2.12. The molecule has 4 heterocycles. The summed E-state index contributed by atoms with van der Waals surface area (Å²) in [6, 6.07) is 6.52. The highest BCUT2D eigenvalue weighted by molar-refractivity contribution is 5.78. The fraction of sp³-hybridized carbons (Fsp3) is 0.118. The van der Waals surface area contributed by atoms with Crippen molar-refractivity contribution in [2.24, 2.45) is 0 Å². The van der Waals surface area contributed by atoms with Crippen molar-refractivity contribution in [2.45, 2.75) is 13.2 Å². The molecular weight excluding hydrogens is 353 g/mol. The van der Waals surface area contributed by atoms with Gasteiger partial charge in [-0.3, -0.25) is 9.97 Å². The van der Waals surface area contributed by atoms with Crippen molar-refractivity contribution in [3.05, 3.63) is 53.7 Å². The van der Waals surface area contributed by atoms with E-state index in [4.69, 9.17) is 15.6 Å². The highest BCUT2D eigenvalue weighted by Crippen LogP contribution is 2.25. The van der Waals surface area contributed by atoms with Crippen LogP contribution in [0.1, 0.15) is 11.3 Å². The average Bonchev–Trinajstić information content (AvgIpc) is 3.15. The van der Waals surface area contributed by atoms with Gasteiger partial charge in [-0.2, -0.15) is 10.3 Å². The minimum atomic E-state index is -0.503. The summed E-state index contributed by atoms with van der Waals surface area (Å²) in [5.74, 6) is 0.0624. The summed E-state index contributed by atoms with van der Waals surface area (Å²) in [7, 11) is 0. The second kappa shape index (κ2) is 6.92. The third kappa shape index (κ3) is 3.37. The fourth-order valence-corrected chi connectivity index (χ4v) is 2.51. The Labute approximate surface area is 152 Å².